The minimum atomic E-state index is -0.322. The number of nitrogens with zero attached hydrogens (tertiary/aromatic N) is 2. The summed E-state index contributed by atoms with van der Waals surface area (Å²) in [5.74, 6) is 0.00175. The van der Waals surface area contributed by atoms with E-state index in [9.17, 15) is 9.59 Å². The molecule has 0 spiro atoms. The highest BCUT2D eigenvalue weighted by Crippen LogP contribution is 2.24. The van der Waals surface area contributed by atoms with Crippen LogP contribution in [-0.2, 0) is 16.0 Å². The molecule has 1 heterocycles. The summed E-state index contributed by atoms with van der Waals surface area (Å²) >= 11 is 0. The lowest BCUT2D eigenvalue weighted by Gasteiger charge is -2.25. The van der Waals surface area contributed by atoms with Gasteiger partial charge in [-0.1, -0.05) is 30.3 Å². The van der Waals surface area contributed by atoms with Gasteiger partial charge in [-0.15, -0.1) is 0 Å². The summed E-state index contributed by atoms with van der Waals surface area (Å²) in [7, 11) is 1.76. The molecule has 2 amide bonds. The van der Waals surface area contributed by atoms with Crippen molar-refractivity contribution in [3.8, 4) is 0 Å². The maximum atomic E-state index is 12.2. The second kappa shape index (κ2) is 5.43. The molecular formula is C15H20N2O2. The van der Waals surface area contributed by atoms with Crippen LogP contribution in [0.2, 0.25) is 0 Å². The minimum absolute atomic E-state index is 0.0386. The van der Waals surface area contributed by atoms with Gasteiger partial charge in [-0.3, -0.25) is 9.59 Å². The number of hydrogen-bond donors (Lipinski definition) is 0. The Labute approximate surface area is 114 Å². The van der Waals surface area contributed by atoms with E-state index < -0.39 is 0 Å². The van der Waals surface area contributed by atoms with E-state index in [1.807, 2.05) is 37.3 Å². The van der Waals surface area contributed by atoms with E-state index in [1.54, 1.807) is 16.8 Å². The zero-order chi connectivity index (χ0) is 14.0. The summed E-state index contributed by atoms with van der Waals surface area (Å²) in [4.78, 5) is 27.2. The third-order valence-corrected chi connectivity index (χ3v) is 3.84. The van der Waals surface area contributed by atoms with Gasteiger partial charge in [-0.05, 0) is 25.3 Å². The van der Waals surface area contributed by atoms with Crippen molar-refractivity contribution >= 4 is 11.8 Å². The van der Waals surface area contributed by atoms with E-state index in [0.29, 0.717) is 6.42 Å². The topological polar surface area (TPSA) is 40.6 Å². The number of aryl methyl sites for hydroxylation is 1. The zero-order valence-corrected chi connectivity index (χ0v) is 11.7. The molecule has 1 aromatic carbocycles. The first-order chi connectivity index (χ1) is 9.02. The Morgan fingerprint density at radius 1 is 1.26 bits per heavy atom. The highest BCUT2D eigenvalue weighted by atomic mass is 16.2. The van der Waals surface area contributed by atoms with Crippen molar-refractivity contribution in [1.29, 1.82) is 0 Å². The van der Waals surface area contributed by atoms with Crippen molar-refractivity contribution in [3.63, 3.8) is 0 Å². The second-order valence-electron chi connectivity index (χ2n) is 5.05. The predicted molar refractivity (Wildman–Crippen MR) is 73.3 cm³/mol. The van der Waals surface area contributed by atoms with E-state index in [-0.39, 0.29) is 24.0 Å². The van der Waals surface area contributed by atoms with E-state index in [2.05, 4.69) is 0 Å². The predicted octanol–water partition coefficient (Wildman–Crippen LogP) is 1.65. The summed E-state index contributed by atoms with van der Waals surface area (Å²) in [5.41, 5.74) is 1.20. The largest absolute Gasteiger partial charge is 0.324 e. The van der Waals surface area contributed by atoms with Crippen LogP contribution in [0.1, 0.15) is 25.8 Å². The Balaban J connectivity index is 2.09. The molecule has 0 radical (unpaired) electrons. The average Bonchev–Trinajstić information content (AvgIpc) is 2.62. The van der Waals surface area contributed by atoms with Gasteiger partial charge in [-0.25, -0.2) is 0 Å². The van der Waals surface area contributed by atoms with Crippen molar-refractivity contribution in [3.05, 3.63) is 35.9 Å². The van der Waals surface area contributed by atoms with Gasteiger partial charge in [0.15, 0.2) is 0 Å². The number of carbonyl (C=O) groups excluding carboxylic acids is 2. The van der Waals surface area contributed by atoms with E-state index in [4.69, 9.17) is 0 Å². The number of carbonyl (C=O) groups is 2. The molecule has 1 saturated heterocycles. The van der Waals surface area contributed by atoms with Gasteiger partial charge in [0, 0.05) is 14.0 Å². The van der Waals surface area contributed by atoms with Crippen molar-refractivity contribution in [1.82, 2.24) is 9.80 Å². The molecule has 0 N–H and O–H groups in total. The molecule has 1 aromatic rings. The molecule has 2 rings (SSSR count). The van der Waals surface area contributed by atoms with Crippen LogP contribution in [0.25, 0.3) is 0 Å². The van der Waals surface area contributed by atoms with Gasteiger partial charge in [0.1, 0.15) is 12.2 Å². The average molecular weight is 260 g/mol. The highest BCUT2D eigenvalue weighted by molar-refractivity contribution is 5.90. The Morgan fingerprint density at radius 2 is 1.89 bits per heavy atom. The number of rotatable bonds is 3. The summed E-state index contributed by atoms with van der Waals surface area (Å²) in [6, 6.07) is 9.72. The SMILES string of the molecule is CC(=O)N1C(C)N(C)C(=O)[C@H]1CCc1ccccc1. The van der Waals surface area contributed by atoms with Crippen molar-refractivity contribution in [2.45, 2.75) is 38.9 Å². The normalized spacial score (nSPS) is 23.0. The molecule has 1 unspecified atom stereocenters. The molecule has 2 atom stereocenters. The van der Waals surface area contributed by atoms with E-state index in [0.717, 1.165) is 6.42 Å². The first-order valence-corrected chi connectivity index (χ1v) is 6.62. The van der Waals surface area contributed by atoms with Crippen LogP contribution in [0.3, 0.4) is 0 Å². The van der Waals surface area contributed by atoms with Crippen molar-refractivity contribution in [2.75, 3.05) is 7.05 Å². The molecule has 19 heavy (non-hydrogen) atoms. The molecule has 0 aliphatic carbocycles. The maximum absolute atomic E-state index is 12.2. The fraction of sp³-hybridized carbons (Fsp3) is 0.467. The van der Waals surface area contributed by atoms with Crippen LogP contribution in [0.4, 0.5) is 0 Å². The smallest absolute Gasteiger partial charge is 0.246 e. The molecule has 1 aliphatic heterocycles. The number of benzene rings is 1. The van der Waals surface area contributed by atoms with Gasteiger partial charge in [0.05, 0.1) is 0 Å². The molecule has 4 heteroatoms. The van der Waals surface area contributed by atoms with Crippen LogP contribution in [0.15, 0.2) is 30.3 Å². The Kier molecular flexibility index (Phi) is 3.88. The quantitative estimate of drug-likeness (QED) is 0.829. The summed E-state index contributed by atoms with van der Waals surface area (Å²) in [6.07, 6.45) is 1.34. The zero-order valence-electron chi connectivity index (χ0n) is 11.7. The Morgan fingerprint density at radius 3 is 2.47 bits per heavy atom. The summed E-state index contributed by atoms with van der Waals surface area (Å²) in [5, 5.41) is 0. The van der Waals surface area contributed by atoms with Gasteiger partial charge in [0.2, 0.25) is 11.8 Å². The standard InChI is InChI=1S/C15H20N2O2/c1-11-16(3)15(19)14(17(11)12(2)18)10-9-13-7-5-4-6-8-13/h4-8,11,14H,9-10H2,1-3H3/t11?,14-/m1/s1. The third kappa shape index (κ3) is 2.62. The van der Waals surface area contributed by atoms with Crippen molar-refractivity contribution in [2.24, 2.45) is 0 Å². The van der Waals surface area contributed by atoms with Crippen molar-refractivity contribution < 1.29 is 9.59 Å². The van der Waals surface area contributed by atoms with E-state index >= 15 is 0 Å². The highest BCUT2D eigenvalue weighted by Gasteiger charge is 2.42. The second-order valence-corrected chi connectivity index (χ2v) is 5.05. The summed E-state index contributed by atoms with van der Waals surface area (Å²) in [6.45, 7) is 3.42. The van der Waals surface area contributed by atoms with Crippen LogP contribution >= 0.6 is 0 Å². The number of likely N-dealkylation sites (N-methyl/N-ethyl adjacent to an activating group) is 1. The van der Waals surface area contributed by atoms with Crippen LogP contribution in [0.5, 0.6) is 0 Å². The van der Waals surface area contributed by atoms with E-state index in [1.165, 1.54) is 12.5 Å². The molecule has 4 nitrogen and oxygen atoms in total. The first kappa shape index (κ1) is 13.6. The fourth-order valence-electron chi connectivity index (χ4n) is 2.68. The Bertz CT molecular complexity index is 472. The molecule has 1 aliphatic rings. The lowest BCUT2D eigenvalue weighted by molar-refractivity contribution is -0.134. The van der Waals surface area contributed by atoms with Gasteiger partial charge in [-0.2, -0.15) is 0 Å². The third-order valence-electron chi connectivity index (χ3n) is 3.84. The number of hydrogen-bond acceptors (Lipinski definition) is 2. The fourth-order valence-corrected chi connectivity index (χ4v) is 2.68. The first-order valence-electron chi connectivity index (χ1n) is 6.62. The Hall–Kier alpha value is -1.84. The maximum Gasteiger partial charge on any atom is 0.246 e. The van der Waals surface area contributed by atoms with Crippen LogP contribution in [-0.4, -0.2) is 40.9 Å². The monoisotopic (exact) mass is 260 g/mol. The minimum Gasteiger partial charge on any atom is -0.324 e. The van der Waals surface area contributed by atoms with Gasteiger partial charge in [0.25, 0.3) is 0 Å². The van der Waals surface area contributed by atoms with Crippen LogP contribution in [0, 0.1) is 0 Å². The summed E-state index contributed by atoms with van der Waals surface area (Å²) < 4.78 is 0. The molecule has 0 aromatic heterocycles. The lowest BCUT2D eigenvalue weighted by Crippen LogP contribution is -2.41. The van der Waals surface area contributed by atoms with Gasteiger partial charge < -0.3 is 9.80 Å². The molecule has 102 valence electrons. The molecule has 0 bridgehead atoms. The van der Waals surface area contributed by atoms with Gasteiger partial charge >= 0.3 is 0 Å². The molecule has 0 saturated carbocycles. The number of amides is 2. The molecule has 1 fully saturated rings. The van der Waals surface area contributed by atoms with Crippen LogP contribution < -0.4 is 0 Å². The molecular weight excluding hydrogens is 240 g/mol. The lowest BCUT2D eigenvalue weighted by atomic mass is 10.0.